The molecule has 62 valence electrons. The molecule has 0 aliphatic carbocycles. The number of rotatable bonds is 0. The van der Waals surface area contributed by atoms with Crippen LogP contribution in [0.5, 0.6) is 0 Å². The average Bonchev–Trinajstić information content (AvgIpc) is 2.02. The molecule has 0 N–H and O–H groups in total. The number of hydrogen-bond acceptors (Lipinski definition) is 1. The van der Waals surface area contributed by atoms with E-state index in [-0.39, 0.29) is 5.82 Å². The Morgan fingerprint density at radius 1 is 1.18 bits per heavy atom. The number of aromatic nitrogens is 1. The van der Waals surface area contributed by atoms with E-state index in [1.807, 2.05) is 20.8 Å². The molecular weight excluding hydrogens is 141 g/mol. The van der Waals surface area contributed by atoms with Gasteiger partial charge in [-0.05, 0) is 26.0 Å². The summed E-state index contributed by atoms with van der Waals surface area (Å²) < 4.78 is 12.4. The van der Waals surface area contributed by atoms with Gasteiger partial charge in [0.1, 0.15) is 5.82 Å². The molecule has 11 heavy (non-hydrogen) atoms. The standard InChI is InChI=1S/C7H8FN.C2H6/c1-5-3-4-7(8)6(2)9-5;1-2/h3-4H,1-2H3;1-2H3. The lowest BCUT2D eigenvalue weighted by Gasteiger charge is -1.94. The van der Waals surface area contributed by atoms with E-state index >= 15 is 0 Å². The zero-order valence-electron chi connectivity index (χ0n) is 7.48. The summed E-state index contributed by atoms with van der Waals surface area (Å²) in [6.07, 6.45) is 0. The van der Waals surface area contributed by atoms with Gasteiger partial charge in [0, 0.05) is 5.69 Å². The first-order valence-electron chi connectivity index (χ1n) is 3.80. The molecule has 0 radical (unpaired) electrons. The summed E-state index contributed by atoms with van der Waals surface area (Å²) >= 11 is 0. The van der Waals surface area contributed by atoms with E-state index in [1.165, 1.54) is 6.07 Å². The van der Waals surface area contributed by atoms with Gasteiger partial charge in [-0.2, -0.15) is 0 Å². The number of pyridine rings is 1. The Balaban J connectivity index is 0.000000461. The normalized spacial score (nSPS) is 8.45. The van der Waals surface area contributed by atoms with Gasteiger partial charge in [-0.15, -0.1) is 0 Å². The van der Waals surface area contributed by atoms with Gasteiger partial charge < -0.3 is 0 Å². The first kappa shape index (κ1) is 10.1. The summed E-state index contributed by atoms with van der Waals surface area (Å²) in [6, 6.07) is 3.08. The molecule has 0 amide bonds. The SMILES string of the molecule is CC.Cc1ccc(F)c(C)n1. The van der Waals surface area contributed by atoms with Crippen LogP contribution < -0.4 is 0 Å². The van der Waals surface area contributed by atoms with Crippen LogP contribution in [0.15, 0.2) is 12.1 Å². The first-order valence-corrected chi connectivity index (χ1v) is 3.80. The molecule has 1 aromatic rings. The summed E-state index contributed by atoms with van der Waals surface area (Å²) in [7, 11) is 0. The molecule has 0 unspecified atom stereocenters. The van der Waals surface area contributed by atoms with Crippen LogP contribution in [0.4, 0.5) is 4.39 Å². The van der Waals surface area contributed by atoms with Crippen molar-refractivity contribution in [3.63, 3.8) is 0 Å². The van der Waals surface area contributed by atoms with Gasteiger partial charge in [0.2, 0.25) is 0 Å². The molecule has 1 aromatic heterocycles. The maximum Gasteiger partial charge on any atom is 0.144 e. The van der Waals surface area contributed by atoms with E-state index in [4.69, 9.17) is 0 Å². The van der Waals surface area contributed by atoms with Gasteiger partial charge in [-0.25, -0.2) is 4.39 Å². The summed E-state index contributed by atoms with van der Waals surface area (Å²) in [5, 5.41) is 0. The van der Waals surface area contributed by atoms with Crippen LogP contribution >= 0.6 is 0 Å². The van der Waals surface area contributed by atoms with Crippen LogP contribution in [-0.2, 0) is 0 Å². The van der Waals surface area contributed by atoms with Crippen LogP contribution in [0.25, 0.3) is 0 Å². The van der Waals surface area contributed by atoms with E-state index in [2.05, 4.69) is 4.98 Å². The topological polar surface area (TPSA) is 12.9 Å². The van der Waals surface area contributed by atoms with Crippen molar-refractivity contribution in [3.05, 3.63) is 29.3 Å². The average molecular weight is 155 g/mol. The van der Waals surface area contributed by atoms with E-state index in [9.17, 15) is 4.39 Å². The third-order valence-electron chi connectivity index (χ3n) is 1.16. The molecular formula is C9H14FN. The van der Waals surface area contributed by atoms with Crippen molar-refractivity contribution < 1.29 is 4.39 Å². The number of halogens is 1. The van der Waals surface area contributed by atoms with Crippen LogP contribution in [0, 0.1) is 19.7 Å². The van der Waals surface area contributed by atoms with E-state index in [1.54, 1.807) is 13.0 Å². The molecule has 0 saturated heterocycles. The number of aryl methyl sites for hydroxylation is 2. The van der Waals surface area contributed by atoms with Crippen molar-refractivity contribution in [2.24, 2.45) is 0 Å². The minimum atomic E-state index is -0.236. The Hall–Kier alpha value is -0.920. The second-order valence-electron chi connectivity index (χ2n) is 2.02. The lowest BCUT2D eigenvalue weighted by Crippen LogP contribution is -1.88. The predicted octanol–water partition coefficient (Wildman–Crippen LogP) is 2.86. The Morgan fingerprint density at radius 3 is 2.09 bits per heavy atom. The number of hydrogen-bond donors (Lipinski definition) is 0. The highest BCUT2D eigenvalue weighted by molar-refractivity contribution is 5.10. The summed E-state index contributed by atoms with van der Waals surface area (Å²) in [5.41, 5.74) is 1.32. The zero-order chi connectivity index (χ0) is 8.85. The van der Waals surface area contributed by atoms with Gasteiger partial charge in [0.05, 0.1) is 5.69 Å². The predicted molar refractivity (Wildman–Crippen MR) is 45.0 cm³/mol. The van der Waals surface area contributed by atoms with E-state index in [0.29, 0.717) is 5.69 Å². The molecule has 0 fully saturated rings. The second-order valence-corrected chi connectivity index (χ2v) is 2.02. The molecule has 0 atom stereocenters. The van der Waals surface area contributed by atoms with Crippen molar-refractivity contribution in [3.8, 4) is 0 Å². The smallest absolute Gasteiger partial charge is 0.144 e. The summed E-state index contributed by atoms with van der Waals surface area (Å²) in [6.45, 7) is 7.49. The van der Waals surface area contributed by atoms with Gasteiger partial charge in [-0.3, -0.25) is 4.98 Å². The van der Waals surface area contributed by atoms with Crippen molar-refractivity contribution >= 4 is 0 Å². The fourth-order valence-electron chi connectivity index (χ4n) is 0.670. The highest BCUT2D eigenvalue weighted by Crippen LogP contribution is 2.02. The monoisotopic (exact) mass is 155 g/mol. The lowest BCUT2D eigenvalue weighted by molar-refractivity contribution is 0.608. The molecule has 2 heteroatoms. The molecule has 0 aliphatic rings. The highest BCUT2D eigenvalue weighted by atomic mass is 19.1. The minimum absolute atomic E-state index is 0.236. The minimum Gasteiger partial charge on any atom is -0.255 e. The Morgan fingerprint density at radius 2 is 1.73 bits per heavy atom. The van der Waals surface area contributed by atoms with Crippen LogP contribution in [0.2, 0.25) is 0 Å². The molecule has 0 spiro atoms. The van der Waals surface area contributed by atoms with Crippen molar-refractivity contribution in [1.29, 1.82) is 0 Å². The Kier molecular flexibility index (Phi) is 4.42. The maximum atomic E-state index is 12.4. The summed E-state index contributed by atoms with van der Waals surface area (Å²) in [4.78, 5) is 3.90. The van der Waals surface area contributed by atoms with Crippen molar-refractivity contribution in [1.82, 2.24) is 4.98 Å². The van der Waals surface area contributed by atoms with Crippen LogP contribution in [0.1, 0.15) is 25.2 Å². The quantitative estimate of drug-likeness (QED) is 0.561. The number of nitrogens with zero attached hydrogens (tertiary/aromatic N) is 1. The Bertz CT molecular complexity index is 221. The van der Waals surface area contributed by atoms with Gasteiger partial charge >= 0.3 is 0 Å². The van der Waals surface area contributed by atoms with Crippen molar-refractivity contribution in [2.45, 2.75) is 27.7 Å². The van der Waals surface area contributed by atoms with Gasteiger partial charge in [0.15, 0.2) is 0 Å². The molecule has 1 nitrogen and oxygen atoms in total. The first-order chi connectivity index (χ1) is 5.20. The Labute approximate surface area is 67.3 Å². The zero-order valence-corrected chi connectivity index (χ0v) is 7.48. The molecule has 0 saturated carbocycles. The van der Waals surface area contributed by atoms with Crippen molar-refractivity contribution in [2.75, 3.05) is 0 Å². The fourth-order valence-corrected chi connectivity index (χ4v) is 0.670. The molecule has 0 aromatic carbocycles. The molecule has 0 aliphatic heterocycles. The van der Waals surface area contributed by atoms with Crippen LogP contribution in [0.3, 0.4) is 0 Å². The third-order valence-corrected chi connectivity index (χ3v) is 1.16. The molecule has 0 bridgehead atoms. The van der Waals surface area contributed by atoms with Crippen LogP contribution in [-0.4, -0.2) is 4.98 Å². The molecule has 1 rings (SSSR count). The third kappa shape index (κ3) is 3.12. The molecule has 1 heterocycles. The fraction of sp³-hybridized carbons (Fsp3) is 0.444. The van der Waals surface area contributed by atoms with E-state index in [0.717, 1.165) is 5.69 Å². The lowest BCUT2D eigenvalue weighted by atomic mass is 10.3. The van der Waals surface area contributed by atoms with E-state index < -0.39 is 0 Å². The second kappa shape index (κ2) is 4.83. The van der Waals surface area contributed by atoms with Gasteiger partial charge in [0.25, 0.3) is 0 Å². The summed E-state index contributed by atoms with van der Waals surface area (Å²) in [5.74, 6) is -0.236. The highest BCUT2D eigenvalue weighted by Gasteiger charge is 1.94. The van der Waals surface area contributed by atoms with Gasteiger partial charge in [-0.1, -0.05) is 13.8 Å². The maximum absolute atomic E-state index is 12.4. The largest absolute Gasteiger partial charge is 0.255 e.